The molecular weight excluding hydrogens is 432 g/mol. The predicted molar refractivity (Wildman–Crippen MR) is 107 cm³/mol. The Bertz CT molecular complexity index is 1070. The number of halogens is 6. The van der Waals surface area contributed by atoms with Gasteiger partial charge in [-0.15, -0.1) is 0 Å². The van der Waals surface area contributed by atoms with E-state index in [-0.39, 0.29) is 24.2 Å². The molecule has 1 aliphatic heterocycles. The van der Waals surface area contributed by atoms with Gasteiger partial charge in [0.1, 0.15) is 0 Å². The molecule has 0 radical (unpaired) electrons. The molecule has 170 valence electrons. The van der Waals surface area contributed by atoms with Crippen LogP contribution in [0.15, 0.2) is 54.7 Å². The first-order valence-corrected chi connectivity index (χ1v) is 10.1. The Morgan fingerprint density at radius 2 is 1.56 bits per heavy atom. The molecule has 1 aromatic heterocycles. The normalized spacial score (nSPS) is 17.8. The molecule has 0 spiro atoms. The Morgan fingerprint density at radius 3 is 2.19 bits per heavy atom. The molecule has 2 heterocycles. The van der Waals surface area contributed by atoms with E-state index in [1.165, 1.54) is 0 Å². The van der Waals surface area contributed by atoms with Gasteiger partial charge in [0.25, 0.3) is 0 Å². The van der Waals surface area contributed by atoms with Gasteiger partial charge < -0.3 is 0 Å². The number of hydrogen-bond acceptors (Lipinski definition) is 2. The summed E-state index contributed by atoms with van der Waals surface area (Å²) in [5.74, 6) is 0. The van der Waals surface area contributed by atoms with Crippen molar-refractivity contribution in [3.05, 3.63) is 88.2 Å². The van der Waals surface area contributed by atoms with Crippen molar-refractivity contribution in [1.82, 2.24) is 14.7 Å². The van der Waals surface area contributed by atoms with E-state index in [0.717, 1.165) is 29.0 Å². The lowest BCUT2D eigenvalue weighted by Crippen LogP contribution is -2.30. The molecule has 4 rings (SSSR count). The van der Waals surface area contributed by atoms with Gasteiger partial charge in [0.15, 0.2) is 0 Å². The minimum atomic E-state index is -4.87. The summed E-state index contributed by atoms with van der Waals surface area (Å²) in [6, 6.07) is 10.9. The molecule has 0 N–H and O–H groups in total. The van der Waals surface area contributed by atoms with E-state index in [4.69, 9.17) is 0 Å². The zero-order valence-corrected chi connectivity index (χ0v) is 17.2. The number of rotatable bonds is 3. The highest BCUT2D eigenvalue weighted by Crippen LogP contribution is 2.38. The second kappa shape index (κ2) is 8.27. The van der Waals surface area contributed by atoms with E-state index >= 15 is 0 Å². The summed E-state index contributed by atoms with van der Waals surface area (Å²) in [6.45, 7) is 3.00. The third kappa shape index (κ3) is 4.53. The van der Waals surface area contributed by atoms with Gasteiger partial charge in [-0.2, -0.15) is 31.4 Å². The summed E-state index contributed by atoms with van der Waals surface area (Å²) >= 11 is 0. The average Bonchev–Trinajstić information content (AvgIpc) is 3.09. The molecule has 0 amide bonds. The van der Waals surface area contributed by atoms with Crippen LogP contribution in [-0.4, -0.2) is 21.2 Å². The highest BCUT2D eigenvalue weighted by molar-refractivity contribution is 5.37. The third-order valence-corrected chi connectivity index (χ3v) is 5.73. The number of alkyl halides is 6. The van der Waals surface area contributed by atoms with E-state index in [2.05, 4.69) is 5.10 Å². The molecule has 0 saturated carbocycles. The van der Waals surface area contributed by atoms with E-state index in [9.17, 15) is 26.3 Å². The Balaban J connectivity index is 1.79. The summed E-state index contributed by atoms with van der Waals surface area (Å²) in [6.07, 6.45) is -7.41. The predicted octanol–water partition coefficient (Wildman–Crippen LogP) is 6.22. The number of aromatic nitrogens is 2. The number of benzene rings is 2. The van der Waals surface area contributed by atoms with E-state index < -0.39 is 23.5 Å². The van der Waals surface area contributed by atoms with Crippen LogP contribution < -0.4 is 0 Å². The Hall–Kier alpha value is -2.81. The van der Waals surface area contributed by atoms with Gasteiger partial charge in [-0.25, -0.2) is 0 Å². The molecule has 2 aromatic carbocycles. The molecule has 3 aromatic rings. The molecule has 1 atom stereocenters. The summed E-state index contributed by atoms with van der Waals surface area (Å²) in [4.78, 5) is 1.93. The van der Waals surface area contributed by atoms with Crippen molar-refractivity contribution < 1.29 is 26.3 Å². The van der Waals surface area contributed by atoms with Crippen LogP contribution in [0.5, 0.6) is 0 Å². The first-order chi connectivity index (χ1) is 15.0. The largest absolute Gasteiger partial charge is 0.416 e. The number of aryl methyl sites for hydroxylation is 2. The van der Waals surface area contributed by atoms with Crippen LogP contribution in [0.3, 0.4) is 0 Å². The van der Waals surface area contributed by atoms with E-state index in [1.807, 2.05) is 46.8 Å². The first-order valence-electron chi connectivity index (χ1n) is 10.1. The third-order valence-electron chi connectivity index (χ3n) is 5.73. The summed E-state index contributed by atoms with van der Waals surface area (Å²) in [7, 11) is 0. The zero-order chi connectivity index (χ0) is 23.1. The maximum atomic E-state index is 13.3. The van der Waals surface area contributed by atoms with Gasteiger partial charge in [-0.05, 0) is 54.3 Å². The van der Waals surface area contributed by atoms with E-state index in [0.29, 0.717) is 19.5 Å². The van der Waals surface area contributed by atoms with E-state index in [1.54, 1.807) is 6.20 Å². The number of hydrogen-bond donors (Lipinski definition) is 0. The van der Waals surface area contributed by atoms with Gasteiger partial charge in [0.2, 0.25) is 0 Å². The van der Waals surface area contributed by atoms with Crippen LogP contribution in [0.4, 0.5) is 26.3 Å². The number of fused-ring (bicyclic) bond motifs is 1. The Kier molecular flexibility index (Phi) is 5.79. The molecule has 0 saturated heterocycles. The van der Waals surface area contributed by atoms with Crippen molar-refractivity contribution >= 4 is 0 Å². The van der Waals surface area contributed by atoms with Crippen molar-refractivity contribution in [3.8, 4) is 0 Å². The molecular formula is C23H21F6N3. The molecule has 0 fully saturated rings. The summed E-state index contributed by atoms with van der Waals surface area (Å²) in [5, 5.41) is 4.35. The molecule has 0 aliphatic carbocycles. The van der Waals surface area contributed by atoms with Crippen LogP contribution in [0, 0.1) is 6.92 Å². The fraction of sp³-hybridized carbons (Fsp3) is 0.348. The maximum Gasteiger partial charge on any atom is 0.416 e. The van der Waals surface area contributed by atoms with Crippen LogP contribution in [0.2, 0.25) is 0 Å². The van der Waals surface area contributed by atoms with Crippen LogP contribution in [0.25, 0.3) is 0 Å². The number of nitrogens with zero attached hydrogens (tertiary/aromatic N) is 3. The lowest BCUT2D eigenvalue weighted by molar-refractivity contribution is -0.143. The second-order valence-corrected chi connectivity index (χ2v) is 7.98. The van der Waals surface area contributed by atoms with Crippen molar-refractivity contribution in [2.24, 2.45) is 0 Å². The van der Waals surface area contributed by atoms with Crippen molar-refractivity contribution in [2.45, 2.75) is 44.8 Å². The van der Waals surface area contributed by atoms with Crippen molar-refractivity contribution in [2.75, 3.05) is 6.54 Å². The highest BCUT2D eigenvalue weighted by atomic mass is 19.4. The highest BCUT2D eigenvalue weighted by Gasteiger charge is 2.37. The monoisotopic (exact) mass is 453 g/mol. The summed E-state index contributed by atoms with van der Waals surface area (Å²) < 4.78 is 81.9. The summed E-state index contributed by atoms with van der Waals surface area (Å²) in [5.41, 5.74) is 0.166. The molecule has 3 nitrogen and oxygen atoms in total. The smallest absolute Gasteiger partial charge is 0.287 e. The minimum absolute atomic E-state index is 0.0290. The Morgan fingerprint density at radius 1 is 0.906 bits per heavy atom. The molecule has 0 bridgehead atoms. The zero-order valence-electron chi connectivity index (χ0n) is 17.2. The van der Waals surface area contributed by atoms with Crippen LogP contribution >= 0.6 is 0 Å². The second-order valence-electron chi connectivity index (χ2n) is 7.98. The van der Waals surface area contributed by atoms with Gasteiger partial charge in [0, 0.05) is 25.8 Å². The fourth-order valence-corrected chi connectivity index (χ4v) is 4.27. The maximum absolute atomic E-state index is 13.3. The van der Waals surface area contributed by atoms with Gasteiger partial charge in [0.05, 0.1) is 22.9 Å². The van der Waals surface area contributed by atoms with Crippen molar-refractivity contribution in [3.63, 3.8) is 0 Å². The molecule has 9 heteroatoms. The van der Waals surface area contributed by atoms with Crippen LogP contribution in [-0.2, 0) is 25.4 Å². The lowest BCUT2D eigenvalue weighted by atomic mass is 9.96. The van der Waals surface area contributed by atoms with Crippen LogP contribution in [0.1, 0.15) is 46.0 Å². The SMILES string of the molecule is Cc1ccccc1C1c2ccnn2CCCN1Cc1cc(C(F)(F)F)cc(C(F)(F)F)c1. The molecule has 1 unspecified atom stereocenters. The lowest BCUT2D eigenvalue weighted by Gasteiger charge is -2.31. The minimum Gasteiger partial charge on any atom is -0.287 e. The standard InChI is InChI=1S/C23H21F6N3/c1-15-5-2-3-6-19(15)21-20-7-8-30-32(20)10-4-9-31(21)14-16-11-17(22(24,25)26)13-18(12-16)23(27,28)29/h2-3,5-8,11-13,21H,4,9-10,14H2,1H3. The van der Waals surface area contributed by atoms with Gasteiger partial charge in [-0.1, -0.05) is 24.3 Å². The van der Waals surface area contributed by atoms with Gasteiger partial charge in [-0.3, -0.25) is 9.58 Å². The fourth-order valence-electron chi connectivity index (χ4n) is 4.27. The average molecular weight is 453 g/mol. The first kappa shape index (κ1) is 22.4. The van der Waals surface area contributed by atoms with Crippen molar-refractivity contribution in [1.29, 1.82) is 0 Å². The quantitative estimate of drug-likeness (QED) is 0.439. The molecule has 1 aliphatic rings. The van der Waals surface area contributed by atoms with Gasteiger partial charge >= 0.3 is 12.4 Å². The topological polar surface area (TPSA) is 21.1 Å². The Labute approximate surface area is 181 Å². The molecule has 32 heavy (non-hydrogen) atoms.